The second kappa shape index (κ2) is 8.64. The number of aryl methyl sites for hydroxylation is 1. The Hall–Kier alpha value is -2.89. The summed E-state index contributed by atoms with van der Waals surface area (Å²) in [6.07, 6.45) is 10.4. The lowest BCUT2D eigenvalue weighted by Crippen LogP contribution is -2.52. The number of likely N-dealkylation sites (tertiary alicyclic amines) is 1. The minimum atomic E-state index is -0.577. The van der Waals surface area contributed by atoms with Gasteiger partial charge in [-0.25, -0.2) is 0 Å². The number of rotatable bonds is 7. The van der Waals surface area contributed by atoms with Crippen molar-refractivity contribution in [3.8, 4) is 0 Å². The zero-order chi connectivity index (χ0) is 20.1. The third kappa shape index (κ3) is 4.11. The van der Waals surface area contributed by atoms with Crippen LogP contribution in [-0.2, 0) is 22.7 Å². The molecule has 0 saturated carbocycles. The van der Waals surface area contributed by atoms with Gasteiger partial charge in [-0.3, -0.25) is 14.3 Å². The van der Waals surface area contributed by atoms with E-state index in [1.807, 2.05) is 52.2 Å². The summed E-state index contributed by atoms with van der Waals surface area (Å²) in [7, 11) is 0. The van der Waals surface area contributed by atoms with Gasteiger partial charge in [0.05, 0.1) is 12.0 Å². The molecule has 2 amide bonds. The molecule has 1 aromatic carbocycles. The molecule has 1 aliphatic carbocycles. The predicted octanol–water partition coefficient (Wildman–Crippen LogP) is 3.27. The van der Waals surface area contributed by atoms with Crippen molar-refractivity contribution in [2.45, 2.75) is 51.6 Å². The van der Waals surface area contributed by atoms with Gasteiger partial charge < -0.3 is 10.2 Å². The molecule has 1 aliphatic heterocycles. The second-order valence-corrected chi connectivity index (χ2v) is 7.91. The van der Waals surface area contributed by atoms with Gasteiger partial charge in [0.15, 0.2) is 0 Å². The predicted molar refractivity (Wildman–Crippen MR) is 110 cm³/mol. The number of nitrogens with zero attached hydrogens (tertiary/aromatic N) is 3. The topological polar surface area (TPSA) is 67.2 Å². The maximum absolute atomic E-state index is 13.3. The molecular formula is C23H28N4O2. The van der Waals surface area contributed by atoms with E-state index >= 15 is 0 Å². The molecule has 1 saturated heterocycles. The number of allylic oxidation sites excluding steroid dienone is 1. The summed E-state index contributed by atoms with van der Waals surface area (Å²) in [5.74, 6) is 0.179. The molecular weight excluding hydrogens is 364 g/mol. The van der Waals surface area contributed by atoms with Gasteiger partial charge in [-0.15, -0.1) is 0 Å². The number of piperidine rings is 1. The SMILES string of the molecule is O=C1CCC2(C(=O)NCCCn3cccn3)CCCC=C2N1Cc1ccccc1. The van der Waals surface area contributed by atoms with Crippen LogP contribution >= 0.6 is 0 Å². The largest absolute Gasteiger partial charge is 0.355 e. The molecule has 0 bridgehead atoms. The molecule has 1 fully saturated rings. The molecule has 1 aromatic heterocycles. The van der Waals surface area contributed by atoms with Crippen LogP contribution in [0.1, 0.15) is 44.1 Å². The van der Waals surface area contributed by atoms with Crippen molar-refractivity contribution in [1.29, 1.82) is 0 Å². The smallest absolute Gasteiger partial charge is 0.232 e. The maximum atomic E-state index is 13.3. The maximum Gasteiger partial charge on any atom is 0.232 e. The number of amides is 2. The lowest BCUT2D eigenvalue weighted by molar-refractivity contribution is -0.141. The molecule has 4 rings (SSSR count). The zero-order valence-corrected chi connectivity index (χ0v) is 16.7. The average Bonchev–Trinajstić information content (AvgIpc) is 3.27. The number of carbonyl (C=O) groups is 2. The van der Waals surface area contributed by atoms with Crippen molar-refractivity contribution >= 4 is 11.8 Å². The Morgan fingerprint density at radius 3 is 2.83 bits per heavy atom. The Morgan fingerprint density at radius 2 is 2.03 bits per heavy atom. The molecule has 2 aromatic rings. The summed E-state index contributed by atoms with van der Waals surface area (Å²) >= 11 is 0. The van der Waals surface area contributed by atoms with E-state index < -0.39 is 5.41 Å². The fourth-order valence-corrected chi connectivity index (χ4v) is 4.50. The van der Waals surface area contributed by atoms with E-state index in [0.717, 1.165) is 43.5 Å². The van der Waals surface area contributed by atoms with E-state index in [-0.39, 0.29) is 11.8 Å². The standard InChI is InChI=1S/C23H28N4O2/c28-21-11-13-23(22(29)24-14-6-16-26-17-7-15-25-26)12-5-4-10-20(23)27(21)18-19-8-2-1-3-9-19/h1-3,7-10,15,17H,4-6,11-14,16,18H2,(H,24,29). The minimum absolute atomic E-state index is 0.0643. The van der Waals surface area contributed by atoms with Crippen LogP contribution in [0, 0.1) is 5.41 Å². The highest BCUT2D eigenvalue weighted by atomic mass is 16.2. The summed E-state index contributed by atoms with van der Waals surface area (Å²) in [4.78, 5) is 27.9. The molecule has 0 radical (unpaired) electrons. The number of carbonyl (C=O) groups excluding carboxylic acids is 2. The number of hydrogen-bond donors (Lipinski definition) is 1. The first kappa shape index (κ1) is 19.4. The van der Waals surface area contributed by atoms with Crippen molar-refractivity contribution < 1.29 is 9.59 Å². The highest BCUT2D eigenvalue weighted by Crippen LogP contribution is 2.47. The summed E-state index contributed by atoms with van der Waals surface area (Å²) in [6.45, 7) is 1.92. The van der Waals surface area contributed by atoms with E-state index in [1.54, 1.807) is 6.20 Å². The van der Waals surface area contributed by atoms with Crippen molar-refractivity contribution in [3.05, 3.63) is 66.1 Å². The van der Waals surface area contributed by atoms with Crippen LogP contribution in [-0.4, -0.2) is 33.0 Å². The fourth-order valence-electron chi connectivity index (χ4n) is 4.50. The number of aromatic nitrogens is 2. The summed E-state index contributed by atoms with van der Waals surface area (Å²) in [6, 6.07) is 11.9. The Bertz CT molecular complexity index is 876. The second-order valence-electron chi connectivity index (χ2n) is 7.91. The van der Waals surface area contributed by atoms with Crippen LogP contribution in [0.2, 0.25) is 0 Å². The van der Waals surface area contributed by atoms with Crippen LogP contribution in [0.15, 0.2) is 60.6 Å². The van der Waals surface area contributed by atoms with Crippen LogP contribution in [0.4, 0.5) is 0 Å². The molecule has 2 heterocycles. The number of benzene rings is 1. The molecule has 6 heteroatoms. The van der Waals surface area contributed by atoms with Crippen LogP contribution in [0.3, 0.4) is 0 Å². The first-order valence-corrected chi connectivity index (χ1v) is 10.5. The van der Waals surface area contributed by atoms with E-state index in [9.17, 15) is 9.59 Å². The van der Waals surface area contributed by atoms with Crippen molar-refractivity contribution in [3.63, 3.8) is 0 Å². The van der Waals surface area contributed by atoms with Crippen LogP contribution in [0.5, 0.6) is 0 Å². The van der Waals surface area contributed by atoms with Gasteiger partial charge in [0.1, 0.15) is 0 Å². The number of nitrogens with one attached hydrogen (secondary N) is 1. The zero-order valence-electron chi connectivity index (χ0n) is 16.7. The van der Waals surface area contributed by atoms with E-state index in [2.05, 4.69) is 16.5 Å². The van der Waals surface area contributed by atoms with E-state index in [4.69, 9.17) is 0 Å². The van der Waals surface area contributed by atoms with Crippen molar-refractivity contribution in [2.75, 3.05) is 6.54 Å². The first-order chi connectivity index (χ1) is 14.2. The summed E-state index contributed by atoms with van der Waals surface area (Å²) < 4.78 is 1.87. The molecule has 29 heavy (non-hydrogen) atoms. The van der Waals surface area contributed by atoms with Crippen molar-refractivity contribution in [2.24, 2.45) is 5.41 Å². The molecule has 1 unspecified atom stereocenters. The molecule has 0 spiro atoms. The van der Waals surface area contributed by atoms with Gasteiger partial charge in [0, 0.05) is 37.6 Å². The normalized spacial score (nSPS) is 21.4. The molecule has 1 atom stereocenters. The number of hydrogen-bond acceptors (Lipinski definition) is 3. The van der Waals surface area contributed by atoms with Gasteiger partial charge in [0.25, 0.3) is 0 Å². The summed E-state index contributed by atoms with van der Waals surface area (Å²) in [5, 5.41) is 7.34. The van der Waals surface area contributed by atoms with Gasteiger partial charge >= 0.3 is 0 Å². The molecule has 152 valence electrons. The van der Waals surface area contributed by atoms with Crippen LogP contribution in [0.25, 0.3) is 0 Å². The van der Waals surface area contributed by atoms with E-state index in [0.29, 0.717) is 25.9 Å². The average molecular weight is 393 g/mol. The fraction of sp³-hybridized carbons (Fsp3) is 0.435. The Labute approximate surface area is 171 Å². The van der Waals surface area contributed by atoms with Gasteiger partial charge in [0.2, 0.25) is 11.8 Å². The lowest BCUT2D eigenvalue weighted by Gasteiger charge is -2.46. The van der Waals surface area contributed by atoms with Gasteiger partial charge in [-0.05, 0) is 43.7 Å². The molecule has 6 nitrogen and oxygen atoms in total. The third-order valence-electron chi connectivity index (χ3n) is 6.02. The minimum Gasteiger partial charge on any atom is -0.355 e. The molecule has 2 aliphatic rings. The Balaban J connectivity index is 1.46. The highest BCUT2D eigenvalue weighted by Gasteiger charge is 2.49. The summed E-state index contributed by atoms with van der Waals surface area (Å²) in [5.41, 5.74) is 1.42. The van der Waals surface area contributed by atoms with Crippen LogP contribution < -0.4 is 5.32 Å². The highest BCUT2D eigenvalue weighted by molar-refractivity contribution is 5.91. The Morgan fingerprint density at radius 1 is 1.17 bits per heavy atom. The molecule has 1 N–H and O–H groups in total. The Kier molecular flexibility index (Phi) is 5.79. The quantitative estimate of drug-likeness (QED) is 0.736. The third-order valence-corrected chi connectivity index (χ3v) is 6.02. The van der Waals surface area contributed by atoms with Gasteiger partial charge in [-0.1, -0.05) is 36.4 Å². The van der Waals surface area contributed by atoms with Gasteiger partial charge in [-0.2, -0.15) is 5.10 Å². The van der Waals surface area contributed by atoms with E-state index in [1.165, 1.54) is 0 Å². The van der Waals surface area contributed by atoms with Crippen molar-refractivity contribution in [1.82, 2.24) is 20.0 Å². The lowest BCUT2D eigenvalue weighted by atomic mass is 9.69. The monoisotopic (exact) mass is 392 g/mol. The first-order valence-electron chi connectivity index (χ1n) is 10.5. The number of fused-ring (bicyclic) bond motifs is 1.